The summed E-state index contributed by atoms with van der Waals surface area (Å²) in [5.41, 5.74) is -2.39. The monoisotopic (exact) mass is 450 g/mol. The molecule has 0 aliphatic carbocycles. The smallest absolute Gasteiger partial charge is 0.330 e. The number of aromatic amines is 1. The summed E-state index contributed by atoms with van der Waals surface area (Å²) in [6, 6.07) is 1.18. The average Bonchev–Trinajstić information content (AvgIpc) is 2.96. The van der Waals surface area contributed by atoms with E-state index in [0.717, 1.165) is 12.7 Å². The molecule has 2 rings (SSSR count). The first-order chi connectivity index (χ1) is 13.3. The van der Waals surface area contributed by atoms with Gasteiger partial charge in [-0.2, -0.15) is 8.42 Å². The lowest BCUT2D eigenvalue weighted by molar-refractivity contribution is -0.142. The van der Waals surface area contributed by atoms with Crippen LogP contribution in [0.3, 0.4) is 0 Å². The molecule has 4 atom stereocenters. The molecule has 1 aromatic heterocycles. The van der Waals surface area contributed by atoms with Gasteiger partial charge in [0.15, 0.2) is 8.32 Å². The van der Waals surface area contributed by atoms with Crippen molar-refractivity contribution in [3.63, 3.8) is 0 Å². The van der Waals surface area contributed by atoms with E-state index in [-0.39, 0.29) is 6.42 Å². The highest BCUT2D eigenvalue weighted by Crippen LogP contribution is 2.41. The summed E-state index contributed by atoms with van der Waals surface area (Å²) in [4.78, 5) is 25.7. The van der Waals surface area contributed by atoms with E-state index in [1.165, 1.54) is 16.8 Å². The van der Waals surface area contributed by atoms with E-state index in [1.807, 2.05) is 13.1 Å². The standard InChI is InChI=1S/C17H30N2O8SSi/c1-6-12(2)29(4,5)27-13-9-15(19-8-7-14(21)18-16(19)22)26-17(13,10-20)11-25-28(3,23)24/h7-8,12-13,15,20H,6,9-11H2,1-5H3,(H,18,21,22)/t12?,13-,15+,17-/m0/s1. The molecule has 0 saturated carbocycles. The molecule has 2 heterocycles. The third-order valence-electron chi connectivity index (χ3n) is 5.56. The number of nitrogens with zero attached hydrogens (tertiary/aromatic N) is 1. The largest absolute Gasteiger partial charge is 0.411 e. The number of aliphatic hydroxyl groups is 1. The Bertz CT molecular complexity index is 928. The Balaban J connectivity index is 2.41. The molecule has 10 nitrogen and oxygen atoms in total. The van der Waals surface area contributed by atoms with Crippen LogP contribution >= 0.6 is 0 Å². The Morgan fingerprint density at radius 2 is 2.10 bits per heavy atom. The fourth-order valence-electron chi connectivity index (χ4n) is 3.27. The van der Waals surface area contributed by atoms with E-state index in [4.69, 9.17) is 13.3 Å². The second-order valence-corrected chi connectivity index (χ2v) is 14.1. The van der Waals surface area contributed by atoms with Crippen molar-refractivity contribution < 1.29 is 26.9 Å². The van der Waals surface area contributed by atoms with Crippen LogP contribution in [0.15, 0.2) is 21.9 Å². The summed E-state index contributed by atoms with van der Waals surface area (Å²) in [7, 11) is -6.04. The van der Waals surface area contributed by atoms with E-state index >= 15 is 0 Å². The molecule has 1 unspecified atom stereocenters. The van der Waals surface area contributed by atoms with Gasteiger partial charge in [-0.3, -0.25) is 18.5 Å². The molecule has 1 aromatic rings. The topological polar surface area (TPSA) is 137 Å². The van der Waals surface area contributed by atoms with Gasteiger partial charge >= 0.3 is 5.69 Å². The van der Waals surface area contributed by atoms with Gasteiger partial charge in [-0.15, -0.1) is 0 Å². The third kappa shape index (κ3) is 5.64. The SMILES string of the molecule is CCC(C)[Si](C)(C)O[C@H]1C[C@H](n2ccc(=O)[nH]c2=O)O[C@@]1(CO)COS(C)(=O)=O. The predicted molar refractivity (Wildman–Crippen MR) is 109 cm³/mol. The van der Waals surface area contributed by atoms with Gasteiger partial charge in [0.1, 0.15) is 18.4 Å². The zero-order valence-electron chi connectivity index (χ0n) is 17.4. The first-order valence-electron chi connectivity index (χ1n) is 9.46. The van der Waals surface area contributed by atoms with Crippen molar-refractivity contribution in [3.8, 4) is 0 Å². The first-order valence-corrected chi connectivity index (χ1v) is 14.3. The molecule has 12 heteroatoms. The molecule has 1 saturated heterocycles. The summed E-state index contributed by atoms with van der Waals surface area (Å²) in [5, 5.41) is 10.1. The molecular weight excluding hydrogens is 420 g/mol. The van der Waals surface area contributed by atoms with Crippen LogP contribution in [-0.4, -0.2) is 62.6 Å². The van der Waals surface area contributed by atoms with E-state index < -0.39 is 60.8 Å². The van der Waals surface area contributed by atoms with Gasteiger partial charge < -0.3 is 14.3 Å². The van der Waals surface area contributed by atoms with Crippen molar-refractivity contribution in [3.05, 3.63) is 33.1 Å². The summed E-state index contributed by atoms with van der Waals surface area (Å²) >= 11 is 0. The summed E-state index contributed by atoms with van der Waals surface area (Å²) in [5.74, 6) is 0. The number of H-pyrrole nitrogens is 1. The Morgan fingerprint density at radius 1 is 1.45 bits per heavy atom. The van der Waals surface area contributed by atoms with Gasteiger partial charge in [0.2, 0.25) is 0 Å². The lowest BCUT2D eigenvalue weighted by Gasteiger charge is -2.38. The van der Waals surface area contributed by atoms with Crippen LogP contribution in [0.1, 0.15) is 32.9 Å². The highest BCUT2D eigenvalue weighted by Gasteiger charge is 2.53. The maximum Gasteiger partial charge on any atom is 0.330 e. The number of rotatable bonds is 9. The van der Waals surface area contributed by atoms with Crippen LogP contribution < -0.4 is 11.2 Å². The van der Waals surface area contributed by atoms with Crippen LogP contribution in [-0.2, 0) is 23.5 Å². The molecule has 1 aliphatic heterocycles. The van der Waals surface area contributed by atoms with Gasteiger partial charge in [0, 0.05) is 18.7 Å². The number of aliphatic hydroxyl groups excluding tert-OH is 1. The molecule has 0 amide bonds. The summed E-state index contributed by atoms with van der Waals surface area (Å²) in [6.07, 6.45) is 1.74. The van der Waals surface area contributed by atoms with E-state index in [9.17, 15) is 23.1 Å². The lowest BCUT2D eigenvalue weighted by Crippen LogP contribution is -2.53. The lowest BCUT2D eigenvalue weighted by atomic mass is 9.99. The molecule has 1 aliphatic rings. The molecule has 166 valence electrons. The van der Waals surface area contributed by atoms with Gasteiger partial charge in [-0.05, 0) is 18.6 Å². The highest BCUT2D eigenvalue weighted by molar-refractivity contribution is 7.85. The fourth-order valence-corrected chi connectivity index (χ4v) is 5.94. The number of hydrogen-bond donors (Lipinski definition) is 2. The maximum absolute atomic E-state index is 12.2. The number of aromatic nitrogens is 2. The van der Waals surface area contributed by atoms with Crippen LogP contribution in [0.25, 0.3) is 0 Å². The molecule has 0 bridgehead atoms. The number of ether oxygens (including phenoxy) is 1. The highest BCUT2D eigenvalue weighted by atomic mass is 32.2. The number of hydrogen-bond acceptors (Lipinski definition) is 8. The first kappa shape index (κ1) is 24.0. The Labute approximate surface area is 171 Å². The van der Waals surface area contributed by atoms with Gasteiger partial charge in [-0.1, -0.05) is 20.3 Å². The van der Waals surface area contributed by atoms with Crippen LogP contribution in [0.4, 0.5) is 0 Å². The van der Waals surface area contributed by atoms with Crippen molar-refractivity contribution in [2.45, 2.75) is 63.3 Å². The molecule has 0 aromatic carbocycles. The maximum atomic E-state index is 12.2. The third-order valence-corrected chi connectivity index (χ3v) is 9.78. The molecule has 1 fully saturated rings. The van der Waals surface area contributed by atoms with Crippen molar-refractivity contribution in [2.75, 3.05) is 19.5 Å². The zero-order chi connectivity index (χ0) is 22.0. The van der Waals surface area contributed by atoms with Gasteiger partial charge in [0.25, 0.3) is 15.7 Å². The van der Waals surface area contributed by atoms with Crippen molar-refractivity contribution in [1.29, 1.82) is 0 Å². The Kier molecular flexibility index (Phi) is 7.29. The average molecular weight is 451 g/mol. The minimum atomic E-state index is -3.80. The van der Waals surface area contributed by atoms with Gasteiger partial charge in [-0.25, -0.2) is 4.79 Å². The number of nitrogens with one attached hydrogen (secondary N) is 1. The van der Waals surface area contributed by atoms with Crippen LogP contribution in [0, 0.1) is 0 Å². The Hall–Kier alpha value is -1.31. The Morgan fingerprint density at radius 3 is 2.62 bits per heavy atom. The molecular formula is C17H30N2O8SSi. The van der Waals surface area contributed by atoms with Crippen LogP contribution in [0.5, 0.6) is 0 Å². The molecule has 2 N–H and O–H groups in total. The zero-order valence-corrected chi connectivity index (χ0v) is 19.2. The quantitative estimate of drug-likeness (QED) is 0.411. The molecule has 29 heavy (non-hydrogen) atoms. The van der Waals surface area contributed by atoms with E-state index in [2.05, 4.69) is 18.8 Å². The van der Waals surface area contributed by atoms with Gasteiger partial charge in [0.05, 0.1) is 19.0 Å². The predicted octanol–water partition coefficient (Wildman–Crippen LogP) is 0.553. The molecule has 0 spiro atoms. The van der Waals surface area contributed by atoms with Crippen molar-refractivity contribution in [2.24, 2.45) is 0 Å². The summed E-state index contributed by atoms with van der Waals surface area (Å²) < 4.78 is 41.6. The van der Waals surface area contributed by atoms with Crippen LogP contribution in [0.2, 0.25) is 18.6 Å². The van der Waals surface area contributed by atoms with E-state index in [1.54, 1.807) is 0 Å². The second kappa shape index (κ2) is 8.82. The molecule has 0 radical (unpaired) electrons. The second-order valence-electron chi connectivity index (χ2n) is 8.03. The van der Waals surface area contributed by atoms with Crippen molar-refractivity contribution in [1.82, 2.24) is 9.55 Å². The van der Waals surface area contributed by atoms with Crippen molar-refractivity contribution >= 4 is 18.4 Å². The normalized spacial score (nSPS) is 26.6. The minimum absolute atomic E-state index is 0.187. The fraction of sp³-hybridized carbons (Fsp3) is 0.765. The van der Waals surface area contributed by atoms with E-state index in [0.29, 0.717) is 5.54 Å². The minimum Gasteiger partial charge on any atom is -0.411 e. The summed E-state index contributed by atoms with van der Waals surface area (Å²) in [6.45, 7) is 7.21.